The summed E-state index contributed by atoms with van der Waals surface area (Å²) in [6.45, 7) is 0.701. The number of carboxylic acid groups (broad SMARTS) is 1. The second-order valence-corrected chi connectivity index (χ2v) is 5.19. The van der Waals surface area contributed by atoms with E-state index in [0.29, 0.717) is 24.5 Å². The van der Waals surface area contributed by atoms with E-state index in [4.69, 9.17) is 9.47 Å². The van der Waals surface area contributed by atoms with Gasteiger partial charge in [0.05, 0.1) is 20.1 Å². The van der Waals surface area contributed by atoms with Crippen molar-refractivity contribution in [3.05, 3.63) is 24.3 Å². The molecule has 0 saturated carbocycles. The van der Waals surface area contributed by atoms with Crippen molar-refractivity contribution < 1.29 is 24.2 Å². The van der Waals surface area contributed by atoms with Crippen LogP contribution in [0.15, 0.2) is 24.3 Å². The molecule has 1 aliphatic rings. The van der Waals surface area contributed by atoms with Crippen molar-refractivity contribution in [3.8, 4) is 11.5 Å². The molecule has 0 aliphatic carbocycles. The number of carboxylic acids is 1. The Bertz CT molecular complexity index is 531. The van der Waals surface area contributed by atoms with Crippen molar-refractivity contribution in [2.45, 2.75) is 31.7 Å². The molecule has 0 aromatic heterocycles. The van der Waals surface area contributed by atoms with E-state index in [0.717, 1.165) is 12.8 Å². The lowest BCUT2D eigenvalue weighted by Crippen LogP contribution is -2.48. The van der Waals surface area contributed by atoms with Crippen LogP contribution in [0.2, 0.25) is 0 Å². The molecule has 1 saturated heterocycles. The third-order valence-electron chi connectivity index (χ3n) is 3.75. The lowest BCUT2D eigenvalue weighted by molar-refractivity contribution is -0.152. The highest BCUT2D eigenvalue weighted by molar-refractivity contribution is 5.83. The highest BCUT2D eigenvalue weighted by Gasteiger charge is 2.31. The van der Waals surface area contributed by atoms with Gasteiger partial charge in [-0.3, -0.25) is 4.79 Å². The number of para-hydroxylation sites is 2. The third-order valence-corrected chi connectivity index (χ3v) is 3.75. The van der Waals surface area contributed by atoms with E-state index < -0.39 is 12.0 Å². The lowest BCUT2D eigenvalue weighted by atomic mass is 10.0. The normalized spacial score (nSPS) is 17.9. The van der Waals surface area contributed by atoms with Gasteiger partial charge in [0.1, 0.15) is 6.04 Å². The average Bonchev–Trinajstić information content (AvgIpc) is 2.55. The van der Waals surface area contributed by atoms with Crippen molar-refractivity contribution >= 4 is 11.9 Å². The van der Waals surface area contributed by atoms with Crippen LogP contribution in [-0.4, -0.2) is 48.2 Å². The topological polar surface area (TPSA) is 76.1 Å². The van der Waals surface area contributed by atoms with Crippen LogP contribution in [0, 0.1) is 0 Å². The summed E-state index contributed by atoms with van der Waals surface area (Å²) < 4.78 is 10.7. The molecule has 1 atom stereocenters. The third kappa shape index (κ3) is 3.90. The molecule has 22 heavy (non-hydrogen) atoms. The first-order valence-electron chi connectivity index (χ1n) is 7.41. The van der Waals surface area contributed by atoms with Crippen LogP contribution in [0.5, 0.6) is 11.5 Å². The number of carbonyl (C=O) groups is 2. The van der Waals surface area contributed by atoms with Gasteiger partial charge >= 0.3 is 5.97 Å². The molecule has 1 aromatic carbocycles. The van der Waals surface area contributed by atoms with Crippen molar-refractivity contribution in [2.24, 2.45) is 0 Å². The Morgan fingerprint density at radius 1 is 1.27 bits per heavy atom. The Kier molecular flexibility index (Phi) is 5.63. The number of piperidine rings is 1. The Hall–Kier alpha value is -2.24. The Morgan fingerprint density at radius 2 is 2.00 bits per heavy atom. The second kappa shape index (κ2) is 7.68. The zero-order valence-corrected chi connectivity index (χ0v) is 12.7. The van der Waals surface area contributed by atoms with Gasteiger partial charge in [0, 0.05) is 6.54 Å². The zero-order valence-electron chi connectivity index (χ0n) is 12.7. The first-order valence-corrected chi connectivity index (χ1v) is 7.41. The minimum atomic E-state index is -0.932. The first-order chi connectivity index (χ1) is 10.6. The fourth-order valence-electron chi connectivity index (χ4n) is 2.62. The number of aliphatic carboxylic acids is 1. The smallest absolute Gasteiger partial charge is 0.326 e. The van der Waals surface area contributed by atoms with E-state index in [1.54, 1.807) is 19.2 Å². The molecule has 1 amide bonds. The maximum absolute atomic E-state index is 12.2. The summed E-state index contributed by atoms with van der Waals surface area (Å²) in [5.74, 6) is 0.0725. The summed E-state index contributed by atoms with van der Waals surface area (Å²) >= 11 is 0. The maximum Gasteiger partial charge on any atom is 0.326 e. The molecular weight excluding hydrogens is 286 g/mol. The highest BCUT2D eigenvalue weighted by Crippen LogP contribution is 2.26. The molecule has 1 heterocycles. The van der Waals surface area contributed by atoms with E-state index >= 15 is 0 Å². The van der Waals surface area contributed by atoms with Crippen molar-refractivity contribution in [3.63, 3.8) is 0 Å². The molecule has 1 aromatic rings. The number of likely N-dealkylation sites (tertiary alicyclic amines) is 1. The van der Waals surface area contributed by atoms with E-state index in [2.05, 4.69) is 0 Å². The van der Waals surface area contributed by atoms with Crippen LogP contribution >= 0.6 is 0 Å². The van der Waals surface area contributed by atoms with Crippen LogP contribution in [-0.2, 0) is 9.59 Å². The van der Waals surface area contributed by atoms with Crippen molar-refractivity contribution in [1.29, 1.82) is 0 Å². The monoisotopic (exact) mass is 307 g/mol. The summed E-state index contributed by atoms with van der Waals surface area (Å²) in [4.78, 5) is 24.9. The summed E-state index contributed by atoms with van der Waals surface area (Å²) in [7, 11) is 1.55. The molecular formula is C16H21NO5. The van der Waals surface area contributed by atoms with E-state index in [1.165, 1.54) is 4.90 Å². The molecule has 120 valence electrons. The van der Waals surface area contributed by atoms with Gasteiger partial charge in [-0.25, -0.2) is 4.79 Å². The summed E-state index contributed by atoms with van der Waals surface area (Å²) in [5.41, 5.74) is 0. The number of nitrogens with zero attached hydrogens (tertiary/aromatic N) is 1. The summed E-state index contributed by atoms with van der Waals surface area (Å²) in [5, 5.41) is 9.19. The molecule has 6 nitrogen and oxygen atoms in total. The van der Waals surface area contributed by atoms with E-state index in [-0.39, 0.29) is 18.9 Å². The summed E-state index contributed by atoms with van der Waals surface area (Å²) in [6.07, 6.45) is 2.37. The number of hydrogen-bond acceptors (Lipinski definition) is 4. The highest BCUT2D eigenvalue weighted by atomic mass is 16.5. The Balaban J connectivity index is 1.88. The predicted molar refractivity (Wildman–Crippen MR) is 80.1 cm³/mol. The number of amides is 1. The number of rotatable bonds is 6. The van der Waals surface area contributed by atoms with Gasteiger partial charge in [-0.2, -0.15) is 0 Å². The van der Waals surface area contributed by atoms with Crippen LogP contribution in [0.25, 0.3) is 0 Å². The van der Waals surface area contributed by atoms with Gasteiger partial charge in [-0.05, 0) is 31.4 Å². The van der Waals surface area contributed by atoms with Crippen molar-refractivity contribution in [2.75, 3.05) is 20.3 Å². The van der Waals surface area contributed by atoms with Crippen LogP contribution in [0.4, 0.5) is 0 Å². The van der Waals surface area contributed by atoms with Gasteiger partial charge < -0.3 is 19.5 Å². The lowest BCUT2D eigenvalue weighted by Gasteiger charge is -2.33. The molecule has 1 aliphatic heterocycles. The summed E-state index contributed by atoms with van der Waals surface area (Å²) in [6, 6.07) is 6.51. The molecule has 0 bridgehead atoms. The van der Waals surface area contributed by atoms with Gasteiger partial charge in [0.25, 0.3) is 0 Å². The van der Waals surface area contributed by atoms with Gasteiger partial charge in [0.2, 0.25) is 5.91 Å². The molecule has 1 fully saturated rings. The fourth-order valence-corrected chi connectivity index (χ4v) is 2.62. The van der Waals surface area contributed by atoms with Crippen molar-refractivity contribution in [1.82, 2.24) is 4.90 Å². The van der Waals surface area contributed by atoms with Crippen LogP contribution in [0.1, 0.15) is 25.7 Å². The average molecular weight is 307 g/mol. The van der Waals surface area contributed by atoms with Gasteiger partial charge in [-0.15, -0.1) is 0 Å². The standard InChI is InChI=1S/C16H21NO5/c1-21-13-7-2-3-8-14(13)22-11-9-15(18)17-10-5-4-6-12(17)16(19)20/h2-3,7-8,12H,4-6,9-11H2,1H3,(H,19,20)/t12-/m0/s1. The minimum Gasteiger partial charge on any atom is -0.493 e. The molecule has 2 rings (SSSR count). The number of ether oxygens (including phenoxy) is 2. The number of benzene rings is 1. The Labute approximate surface area is 129 Å². The Morgan fingerprint density at radius 3 is 2.68 bits per heavy atom. The maximum atomic E-state index is 12.2. The number of methoxy groups -OCH3 is 1. The van der Waals surface area contributed by atoms with E-state index in [9.17, 15) is 14.7 Å². The fraction of sp³-hybridized carbons (Fsp3) is 0.500. The van der Waals surface area contributed by atoms with E-state index in [1.807, 2.05) is 12.1 Å². The first kappa shape index (κ1) is 16.1. The largest absolute Gasteiger partial charge is 0.493 e. The molecule has 0 unspecified atom stereocenters. The number of carbonyl (C=O) groups excluding carboxylic acids is 1. The quantitative estimate of drug-likeness (QED) is 0.869. The van der Waals surface area contributed by atoms with Gasteiger partial charge in [-0.1, -0.05) is 12.1 Å². The number of hydrogen-bond donors (Lipinski definition) is 1. The predicted octanol–water partition coefficient (Wildman–Crippen LogP) is 1.93. The molecule has 6 heteroatoms. The minimum absolute atomic E-state index is 0.155. The molecule has 0 radical (unpaired) electrons. The van der Waals surface area contributed by atoms with Gasteiger partial charge in [0.15, 0.2) is 11.5 Å². The second-order valence-electron chi connectivity index (χ2n) is 5.19. The SMILES string of the molecule is COc1ccccc1OCCC(=O)N1CCCC[C@H]1C(=O)O. The van der Waals surface area contributed by atoms with Crippen LogP contribution < -0.4 is 9.47 Å². The zero-order chi connectivity index (χ0) is 15.9. The molecule has 1 N–H and O–H groups in total. The van der Waals surface area contributed by atoms with Crippen LogP contribution in [0.3, 0.4) is 0 Å². The molecule has 0 spiro atoms.